The van der Waals surface area contributed by atoms with E-state index in [2.05, 4.69) is 15.0 Å². The highest BCUT2D eigenvalue weighted by Crippen LogP contribution is 2.36. The second kappa shape index (κ2) is 7.54. The zero-order chi connectivity index (χ0) is 23.5. The molecule has 4 aromatic rings. The molecule has 4 aromatic heterocycles. The van der Waals surface area contributed by atoms with Crippen molar-refractivity contribution in [3.63, 3.8) is 0 Å². The lowest BCUT2D eigenvalue weighted by Crippen LogP contribution is -2.41. The van der Waals surface area contributed by atoms with E-state index in [9.17, 15) is 9.18 Å². The second-order valence-electron chi connectivity index (χ2n) is 9.59. The standard InChI is InChI=1S/C24H27FN6O2/c1-13-7-6-8-15-11-17(29-31(13)15)20-19-16(26-12-27-19)9-10-30(20)22(32)21-18(14(2)25)28-23(33-21)24(3,4)5/h6-8,11-12,14,20H,9-10H2,1-5H3,(H,26,27)/t14?,20-/m0/s1. The zero-order valence-corrected chi connectivity index (χ0v) is 19.4. The lowest BCUT2D eigenvalue weighted by Gasteiger charge is -2.33. The number of carbonyl (C=O) groups excluding carboxylic acids is 1. The molecule has 9 heteroatoms. The highest BCUT2D eigenvalue weighted by molar-refractivity contribution is 5.93. The minimum atomic E-state index is -1.44. The van der Waals surface area contributed by atoms with Gasteiger partial charge in [-0.05, 0) is 32.0 Å². The summed E-state index contributed by atoms with van der Waals surface area (Å²) in [7, 11) is 0. The Morgan fingerprint density at radius 3 is 2.82 bits per heavy atom. The molecule has 1 aliphatic rings. The van der Waals surface area contributed by atoms with E-state index >= 15 is 0 Å². The van der Waals surface area contributed by atoms with Crippen LogP contribution < -0.4 is 0 Å². The highest BCUT2D eigenvalue weighted by atomic mass is 19.1. The normalized spacial score (nSPS) is 17.4. The van der Waals surface area contributed by atoms with E-state index in [0.717, 1.165) is 22.6 Å². The molecule has 5 rings (SSSR count). The van der Waals surface area contributed by atoms with Crippen LogP contribution in [-0.4, -0.2) is 41.9 Å². The molecule has 1 N–H and O–H groups in total. The third-order valence-corrected chi connectivity index (χ3v) is 6.03. The Morgan fingerprint density at radius 1 is 1.33 bits per heavy atom. The van der Waals surface area contributed by atoms with Gasteiger partial charge in [-0.25, -0.2) is 18.9 Å². The van der Waals surface area contributed by atoms with Crippen LogP contribution >= 0.6 is 0 Å². The Bertz CT molecular complexity index is 1340. The van der Waals surface area contributed by atoms with E-state index in [1.165, 1.54) is 6.92 Å². The number of hydrogen-bond acceptors (Lipinski definition) is 5. The molecule has 0 aromatic carbocycles. The average Bonchev–Trinajstić information content (AvgIpc) is 3.49. The van der Waals surface area contributed by atoms with Crippen LogP contribution in [0.4, 0.5) is 4.39 Å². The van der Waals surface area contributed by atoms with Gasteiger partial charge in [0.1, 0.15) is 17.9 Å². The number of aryl methyl sites for hydroxylation is 1. The van der Waals surface area contributed by atoms with E-state index in [1.807, 2.05) is 56.5 Å². The fraction of sp³-hybridized carbons (Fsp3) is 0.417. The number of rotatable bonds is 3. The first-order chi connectivity index (χ1) is 15.6. The number of amides is 1. The van der Waals surface area contributed by atoms with Gasteiger partial charge in [0.25, 0.3) is 5.91 Å². The van der Waals surface area contributed by atoms with E-state index < -0.39 is 23.5 Å². The molecule has 8 nitrogen and oxygen atoms in total. The van der Waals surface area contributed by atoms with Crippen molar-refractivity contribution in [2.75, 3.05) is 6.54 Å². The molecular weight excluding hydrogens is 423 g/mol. The predicted octanol–water partition coefficient (Wildman–Crippen LogP) is 4.47. The third kappa shape index (κ3) is 3.51. The number of halogens is 1. The summed E-state index contributed by atoms with van der Waals surface area (Å²) in [4.78, 5) is 27.5. The third-order valence-electron chi connectivity index (χ3n) is 6.03. The van der Waals surface area contributed by atoms with Gasteiger partial charge in [0, 0.05) is 29.8 Å². The molecule has 0 radical (unpaired) electrons. The van der Waals surface area contributed by atoms with Gasteiger partial charge in [0.2, 0.25) is 11.7 Å². The minimum absolute atomic E-state index is 0.0299. The topological polar surface area (TPSA) is 92.3 Å². The van der Waals surface area contributed by atoms with Crippen molar-refractivity contribution in [2.45, 2.75) is 58.7 Å². The zero-order valence-electron chi connectivity index (χ0n) is 19.4. The monoisotopic (exact) mass is 450 g/mol. The quantitative estimate of drug-likeness (QED) is 0.497. The fourth-order valence-electron chi connectivity index (χ4n) is 4.31. The Balaban J connectivity index is 1.63. The molecule has 0 aliphatic carbocycles. The Kier molecular flexibility index (Phi) is 4.88. The summed E-state index contributed by atoms with van der Waals surface area (Å²) in [5.74, 6) is -0.133. The van der Waals surface area contributed by atoms with Gasteiger partial charge in [-0.2, -0.15) is 5.10 Å². The maximum absolute atomic E-state index is 14.5. The summed E-state index contributed by atoms with van der Waals surface area (Å²) < 4.78 is 22.2. The van der Waals surface area contributed by atoms with E-state index in [0.29, 0.717) is 24.6 Å². The molecule has 0 saturated carbocycles. The van der Waals surface area contributed by atoms with Gasteiger partial charge in [0.05, 0.1) is 23.2 Å². The van der Waals surface area contributed by atoms with Crippen molar-refractivity contribution >= 4 is 11.4 Å². The number of oxazole rings is 1. The summed E-state index contributed by atoms with van der Waals surface area (Å²) in [6.07, 6.45) is 0.796. The van der Waals surface area contributed by atoms with Crippen LogP contribution in [0, 0.1) is 6.92 Å². The molecule has 1 unspecified atom stereocenters. The molecule has 33 heavy (non-hydrogen) atoms. The van der Waals surface area contributed by atoms with Crippen LogP contribution in [0.1, 0.15) is 84.8 Å². The van der Waals surface area contributed by atoms with Crippen molar-refractivity contribution in [3.8, 4) is 0 Å². The molecule has 0 spiro atoms. The average molecular weight is 451 g/mol. The Labute approximate surface area is 190 Å². The van der Waals surface area contributed by atoms with Gasteiger partial charge in [-0.1, -0.05) is 26.8 Å². The number of H-pyrrole nitrogens is 1. The lowest BCUT2D eigenvalue weighted by molar-refractivity contribution is 0.0646. The maximum atomic E-state index is 14.5. The maximum Gasteiger partial charge on any atom is 0.292 e. The number of imidazole rings is 1. The van der Waals surface area contributed by atoms with Crippen LogP contribution in [0.3, 0.4) is 0 Å². The smallest absolute Gasteiger partial charge is 0.292 e. The van der Waals surface area contributed by atoms with Gasteiger partial charge in [-0.3, -0.25) is 4.79 Å². The van der Waals surface area contributed by atoms with Crippen molar-refractivity contribution in [3.05, 3.63) is 70.7 Å². The predicted molar refractivity (Wildman–Crippen MR) is 120 cm³/mol. The van der Waals surface area contributed by atoms with Crippen LogP contribution in [0.5, 0.6) is 0 Å². The first-order valence-corrected chi connectivity index (χ1v) is 11.1. The molecule has 0 saturated heterocycles. The number of nitrogens with zero attached hydrogens (tertiary/aromatic N) is 5. The summed E-state index contributed by atoms with van der Waals surface area (Å²) in [5, 5.41) is 4.79. The summed E-state index contributed by atoms with van der Waals surface area (Å²) in [5.41, 5.74) is 3.86. The SMILES string of the molecule is Cc1cccc2cc([C@H]3c4nc[nH]c4CCN3C(=O)c3oc(C(C)(C)C)nc3C(C)F)nn12. The van der Waals surface area contributed by atoms with Crippen molar-refractivity contribution < 1.29 is 13.6 Å². The minimum Gasteiger partial charge on any atom is -0.435 e. The largest absolute Gasteiger partial charge is 0.435 e. The number of nitrogens with one attached hydrogen (secondary N) is 1. The molecule has 0 bridgehead atoms. The van der Waals surface area contributed by atoms with Crippen molar-refractivity contribution in [1.82, 2.24) is 29.5 Å². The van der Waals surface area contributed by atoms with Gasteiger partial charge < -0.3 is 14.3 Å². The molecule has 1 aliphatic heterocycles. The van der Waals surface area contributed by atoms with Gasteiger partial charge in [0.15, 0.2) is 0 Å². The first kappa shape index (κ1) is 21.4. The molecule has 5 heterocycles. The van der Waals surface area contributed by atoms with Gasteiger partial charge >= 0.3 is 0 Å². The highest BCUT2D eigenvalue weighted by Gasteiger charge is 2.40. The second-order valence-corrected chi connectivity index (χ2v) is 9.59. The molecule has 2 atom stereocenters. The number of pyridine rings is 1. The van der Waals surface area contributed by atoms with Crippen LogP contribution in [0.15, 0.2) is 35.0 Å². The van der Waals surface area contributed by atoms with Crippen LogP contribution in [-0.2, 0) is 11.8 Å². The fourth-order valence-corrected chi connectivity index (χ4v) is 4.31. The Hall–Kier alpha value is -3.49. The molecule has 0 fully saturated rings. The number of carbonyl (C=O) groups is 1. The summed E-state index contributed by atoms with van der Waals surface area (Å²) in [6, 6.07) is 7.35. The number of fused-ring (bicyclic) bond motifs is 2. The lowest BCUT2D eigenvalue weighted by atomic mass is 9.97. The van der Waals surface area contributed by atoms with E-state index in [1.54, 1.807) is 11.2 Å². The van der Waals surface area contributed by atoms with Crippen molar-refractivity contribution in [1.29, 1.82) is 0 Å². The Morgan fingerprint density at radius 2 is 2.12 bits per heavy atom. The van der Waals surface area contributed by atoms with E-state index in [4.69, 9.17) is 9.52 Å². The van der Waals surface area contributed by atoms with Crippen molar-refractivity contribution in [2.24, 2.45) is 0 Å². The molecular formula is C24H27FN6O2. The summed E-state index contributed by atoms with van der Waals surface area (Å²) in [6.45, 7) is 9.50. The molecule has 1 amide bonds. The number of alkyl halides is 1. The summed E-state index contributed by atoms with van der Waals surface area (Å²) >= 11 is 0. The number of aromatic nitrogens is 5. The van der Waals surface area contributed by atoms with Gasteiger partial charge in [-0.15, -0.1) is 0 Å². The van der Waals surface area contributed by atoms with Crippen LogP contribution in [0.2, 0.25) is 0 Å². The van der Waals surface area contributed by atoms with Crippen LogP contribution in [0.25, 0.3) is 5.52 Å². The number of aromatic amines is 1. The molecule has 172 valence electrons. The number of hydrogen-bond donors (Lipinski definition) is 1. The van der Waals surface area contributed by atoms with E-state index in [-0.39, 0.29) is 11.5 Å². The first-order valence-electron chi connectivity index (χ1n) is 11.1.